The predicted molar refractivity (Wildman–Crippen MR) is 54.6 cm³/mol. The molecule has 0 aromatic heterocycles. The predicted octanol–water partition coefficient (Wildman–Crippen LogP) is 2.22. The second-order valence-corrected chi connectivity index (χ2v) is 1.79. The molecule has 0 bridgehead atoms. The van der Waals surface area contributed by atoms with Crippen molar-refractivity contribution in [1.29, 1.82) is 0 Å². The lowest BCUT2D eigenvalue weighted by atomic mass is 10.3. The Hall–Kier alpha value is -1.58. The van der Waals surface area contributed by atoms with E-state index in [2.05, 4.69) is 6.58 Å². The van der Waals surface area contributed by atoms with Gasteiger partial charge in [0.1, 0.15) is 5.70 Å². The van der Waals surface area contributed by atoms with Crippen LogP contribution in [0.3, 0.4) is 0 Å². The Balaban J connectivity index is 0. The van der Waals surface area contributed by atoms with Crippen LogP contribution in [0.2, 0.25) is 0 Å². The van der Waals surface area contributed by atoms with Crippen molar-refractivity contribution in [3.05, 3.63) is 46.3 Å². The van der Waals surface area contributed by atoms with Gasteiger partial charge in [-0.2, -0.15) is 0 Å². The Kier molecular flexibility index (Phi) is 9.15. The van der Waals surface area contributed by atoms with Gasteiger partial charge in [0.05, 0.1) is 4.92 Å². The summed E-state index contributed by atoms with van der Waals surface area (Å²) in [6, 6.07) is 0. The second-order valence-electron chi connectivity index (χ2n) is 1.79. The van der Waals surface area contributed by atoms with Gasteiger partial charge in [-0.1, -0.05) is 32.6 Å². The molecule has 4 heteroatoms. The zero-order valence-electron chi connectivity index (χ0n) is 8.28. The molecule has 0 rings (SSSR count). The summed E-state index contributed by atoms with van der Waals surface area (Å²) in [5, 5.41) is 10.3. The molecule has 13 heavy (non-hydrogen) atoms. The van der Waals surface area contributed by atoms with Crippen molar-refractivity contribution in [3.63, 3.8) is 0 Å². The summed E-state index contributed by atoms with van der Waals surface area (Å²) < 4.78 is 0. The highest BCUT2D eigenvalue weighted by Gasteiger charge is 2.10. The molecule has 74 valence electrons. The topological polar surface area (TPSA) is 69.2 Å². The first-order chi connectivity index (χ1) is 6.13. The largest absolute Gasteiger partial charge is 0.393 e. The van der Waals surface area contributed by atoms with Gasteiger partial charge in [-0.25, -0.2) is 0 Å². The molecule has 0 unspecified atom stereocenters. The van der Waals surface area contributed by atoms with Gasteiger partial charge >= 0.3 is 0 Å². The molecule has 0 aromatic carbocycles. The summed E-state index contributed by atoms with van der Waals surface area (Å²) in [5.74, 6) is 0. The van der Waals surface area contributed by atoms with E-state index in [4.69, 9.17) is 5.73 Å². The van der Waals surface area contributed by atoms with Crippen LogP contribution >= 0.6 is 0 Å². The molecule has 0 aliphatic carbocycles. The lowest BCUT2D eigenvalue weighted by molar-refractivity contribution is -0.420. The molecule has 0 aliphatic rings. The zero-order valence-corrected chi connectivity index (χ0v) is 8.28. The summed E-state index contributed by atoms with van der Waals surface area (Å²) in [6.07, 6.45) is 4.06. The molecule has 0 amide bonds. The van der Waals surface area contributed by atoms with Crippen molar-refractivity contribution >= 4 is 0 Å². The fourth-order valence-electron chi connectivity index (χ4n) is 0.522. The first kappa shape index (κ1) is 14.0. The number of rotatable bonds is 3. The number of hydrogen-bond donors (Lipinski definition) is 1. The summed E-state index contributed by atoms with van der Waals surface area (Å²) >= 11 is 0. The van der Waals surface area contributed by atoms with Crippen LogP contribution in [-0.4, -0.2) is 4.92 Å². The molecule has 2 N–H and O–H groups in total. The minimum Gasteiger partial charge on any atom is -0.393 e. The van der Waals surface area contributed by atoms with Crippen LogP contribution in [0.5, 0.6) is 0 Å². The van der Waals surface area contributed by atoms with Crippen molar-refractivity contribution in [2.75, 3.05) is 0 Å². The molecular weight excluding hydrogens is 168 g/mol. The van der Waals surface area contributed by atoms with Crippen LogP contribution < -0.4 is 5.73 Å². The number of nitrogens with two attached hydrogens (primary N) is 1. The number of nitro groups is 1. The molecular formula is C9H16N2O2. The minimum atomic E-state index is -0.545. The summed E-state index contributed by atoms with van der Waals surface area (Å²) in [5.41, 5.74) is 5.33. The fourth-order valence-corrected chi connectivity index (χ4v) is 0.522. The third kappa shape index (κ3) is 5.66. The molecule has 4 nitrogen and oxygen atoms in total. The fraction of sp³-hybridized carbons (Fsp3) is 0.333. The van der Waals surface area contributed by atoms with Gasteiger partial charge in [-0.3, -0.25) is 10.1 Å². The average molecular weight is 184 g/mol. The van der Waals surface area contributed by atoms with Crippen molar-refractivity contribution in [2.24, 2.45) is 5.73 Å². The highest BCUT2D eigenvalue weighted by atomic mass is 16.6. The van der Waals surface area contributed by atoms with Gasteiger partial charge < -0.3 is 5.73 Å². The molecule has 0 heterocycles. The molecule has 0 atom stereocenters. The van der Waals surface area contributed by atoms with Gasteiger partial charge in [-0.15, -0.1) is 0 Å². The third-order valence-corrected chi connectivity index (χ3v) is 1.08. The summed E-state index contributed by atoms with van der Waals surface area (Å²) in [7, 11) is 0. The van der Waals surface area contributed by atoms with Gasteiger partial charge in [-0.05, 0) is 6.92 Å². The smallest absolute Gasteiger partial charge is 0.291 e. The van der Waals surface area contributed by atoms with Crippen molar-refractivity contribution in [3.8, 4) is 0 Å². The van der Waals surface area contributed by atoms with Gasteiger partial charge in [0, 0.05) is 6.08 Å². The Bertz CT molecular complexity index is 230. The second kappa shape index (κ2) is 8.52. The van der Waals surface area contributed by atoms with E-state index in [9.17, 15) is 10.1 Å². The quantitative estimate of drug-likeness (QED) is 0.415. The first-order valence-electron chi connectivity index (χ1n) is 4.02. The normalized spacial score (nSPS) is 11.3. The van der Waals surface area contributed by atoms with Crippen LogP contribution in [0.25, 0.3) is 0 Å². The molecule has 0 spiro atoms. The van der Waals surface area contributed by atoms with E-state index < -0.39 is 4.92 Å². The summed E-state index contributed by atoms with van der Waals surface area (Å²) in [6.45, 7) is 8.97. The maximum Gasteiger partial charge on any atom is 0.291 e. The highest BCUT2D eigenvalue weighted by Crippen LogP contribution is 2.03. The number of allylic oxidation sites excluding steroid dienone is 3. The van der Waals surface area contributed by atoms with Crippen LogP contribution in [-0.2, 0) is 0 Å². The van der Waals surface area contributed by atoms with Crippen molar-refractivity contribution in [2.45, 2.75) is 20.8 Å². The lowest BCUT2D eigenvalue weighted by Gasteiger charge is -1.94. The number of nitrogens with zero attached hydrogens (tertiary/aromatic N) is 1. The SMILES string of the molecule is C=C/C=C(\C(N)=C/C)[N+](=O)[O-].CC. The van der Waals surface area contributed by atoms with E-state index in [1.807, 2.05) is 13.8 Å². The van der Waals surface area contributed by atoms with E-state index >= 15 is 0 Å². The lowest BCUT2D eigenvalue weighted by Crippen LogP contribution is -2.08. The Morgan fingerprint density at radius 1 is 1.54 bits per heavy atom. The van der Waals surface area contributed by atoms with E-state index in [0.717, 1.165) is 0 Å². The van der Waals surface area contributed by atoms with Crippen LogP contribution in [0.4, 0.5) is 0 Å². The average Bonchev–Trinajstić information content (AvgIpc) is 2.15. The van der Waals surface area contributed by atoms with Crippen molar-refractivity contribution < 1.29 is 4.92 Å². The van der Waals surface area contributed by atoms with Gasteiger partial charge in [0.25, 0.3) is 5.70 Å². The molecule has 0 saturated heterocycles. The molecule has 0 aromatic rings. The van der Waals surface area contributed by atoms with E-state index in [1.165, 1.54) is 18.2 Å². The first-order valence-corrected chi connectivity index (χ1v) is 4.02. The Morgan fingerprint density at radius 2 is 2.00 bits per heavy atom. The zero-order chi connectivity index (χ0) is 10.9. The van der Waals surface area contributed by atoms with Crippen LogP contribution in [0.1, 0.15) is 20.8 Å². The number of hydrogen-bond acceptors (Lipinski definition) is 3. The van der Waals surface area contributed by atoms with E-state index in [1.54, 1.807) is 6.92 Å². The van der Waals surface area contributed by atoms with Crippen molar-refractivity contribution in [1.82, 2.24) is 0 Å². The molecule has 0 fully saturated rings. The Labute approximate surface area is 78.6 Å². The maximum absolute atomic E-state index is 10.3. The monoisotopic (exact) mass is 184 g/mol. The Morgan fingerprint density at radius 3 is 2.23 bits per heavy atom. The van der Waals surface area contributed by atoms with E-state index in [-0.39, 0.29) is 11.4 Å². The van der Waals surface area contributed by atoms with Gasteiger partial charge in [0.15, 0.2) is 0 Å². The standard InChI is InChI=1S/C7H10N2O2.C2H6/c1-3-5-7(9(10)11)6(8)4-2;1-2/h3-5H,1,8H2,2H3;1-2H3/b6-4+,7-5+;. The molecule has 0 radical (unpaired) electrons. The van der Waals surface area contributed by atoms with Crippen LogP contribution in [0, 0.1) is 10.1 Å². The summed E-state index contributed by atoms with van der Waals surface area (Å²) in [4.78, 5) is 9.71. The maximum atomic E-state index is 10.3. The molecule has 0 saturated carbocycles. The van der Waals surface area contributed by atoms with E-state index in [0.29, 0.717) is 0 Å². The third-order valence-electron chi connectivity index (χ3n) is 1.08. The highest BCUT2D eigenvalue weighted by molar-refractivity contribution is 5.24. The minimum absolute atomic E-state index is 0.123. The van der Waals surface area contributed by atoms with Crippen LogP contribution in [0.15, 0.2) is 36.2 Å². The molecule has 0 aliphatic heterocycles. The van der Waals surface area contributed by atoms with Gasteiger partial charge in [0.2, 0.25) is 0 Å².